The normalized spacial score (nSPS) is 11.9. The molecular weight excluding hydrogens is 304 g/mol. The molecule has 0 saturated carbocycles. The average Bonchev–Trinajstić information content (AvgIpc) is 2.27. The zero-order valence-corrected chi connectivity index (χ0v) is 12.0. The fourth-order valence-corrected chi connectivity index (χ4v) is 1.52. The van der Waals surface area contributed by atoms with Crippen molar-refractivity contribution in [3.05, 3.63) is 16.5 Å². The van der Waals surface area contributed by atoms with E-state index in [0.29, 0.717) is 4.60 Å². The second kappa shape index (κ2) is 5.19. The van der Waals surface area contributed by atoms with E-state index < -0.39 is 11.3 Å². The van der Waals surface area contributed by atoms with Crippen LogP contribution in [0.3, 0.4) is 0 Å². The number of halogens is 3. The van der Waals surface area contributed by atoms with Gasteiger partial charge in [0.25, 0.3) is 5.92 Å². The van der Waals surface area contributed by atoms with Crippen LogP contribution in [0.15, 0.2) is 10.8 Å². The molecule has 0 atom stereocenters. The number of nitrogens with two attached hydrogens (primary N) is 1. The minimum atomic E-state index is -2.86. The lowest BCUT2D eigenvalue weighted by Gasteiger charge is -2.28. The molecule has 0 saturated heterocycles. The first-order valence-corrected chi connectivity index (χ1v) is 6.18. The Morgan fingerprint density at radius 1 is 1.44 bits per heavy atom. The van der Waals surface area contributed by atoms with Gasteiger partial charge in [0.05, 0.1) is 11.6 Å². The summed E-state index contributed by atoms with van der Waals surface area (Å²) in [5.74, 6) is 2.35. The van der Waals surface area contributed by atoms with Crippen LogP contribution in [0.2, 0.25) is 0 Å². The fraction of sp³-hybridized carbons (Fsp3) is 0.500. The summed E-state index contributed by atoms with van der Waals surface area (Å²) in [5.41, 5.74) is 4.36. The highest BCUT2D eigenvalue weighted by Gasteiger charge is 2.43. The van der Waals surface area contributed by atoms with Gasteiger partial charge in [-0.3, -0.25) is 0 Å². The molecule has 3 nitrogen and oxygen atoms in total. The van der Waals surface area contributed by atoms with Crippen LogP contribution in [0.1, 0.15) is 32.9 Å². The van der Waals surface area contributed by atoms with E-state index in [1.165, 1.54) is 27.0 Å². The van der Waals surface area contributed by atoms with E-state index in [1.807, 2.05) is 0 Å². The van der Waals surface area contributed by atoms with Crippen molar-refractivity contribution < 1.29 is 8.78 Å². The van der Waals surface area contributed by atoms with E-state index >= 15 is 0 Å². The van der Waals surface area contributed by atoms with Crippen molar-refractivity contribution in [1.82, 2.24) is 9.97 Å². The zero-order chi connectivity index (χ0) is 14.0. The van der Waals surface area contributed by atoms with Crippen molar-refractivity contribution in [3.63, 3.8) is 0 Å². The lowest BCUT2D eigenvalue weighted by atomic mass is 9.84. The Morgan fingerprint density at radius 2 is 2.06 bits per heavy atom. The number of hydrogen-bond acceptors (Lipinski definition) is 3. The summed E-state index contributed by atoms with van der Waals surface area (Å²) in [6.45, 7) is 4.22. The second-order valence-corrected chi connectivity index (χ2v) is 5.17. The van der Waals surface area contributed by atoms with Crippen molar-refractivity contribution in [3.8, 4) is 11.8 Å². The Morgan fingerprint density at radius 3 is 2.56 bits per heavy atom. The molecule has 1 aromatic heterocycles. The Labute approximate surface area is 113 Å². The van der Waals surface area contributed by atoms with Crippen LogP contribution in [0.4, 0.5) is 14.6 Å². The fourth-order valence-electron chi connectivity index (χ4n) is 1.23. The average molecular weight is 318 g/mol. The number of aromatic nitrogens is 2. The lowest BCUT2D eigenvalue weighted by Crippen LogP contribution is -2.34. The summed E-state index contributed by atoms with van der Waals surface area (Å²) in [4.78, 5) is 7.83. The maximum Gasteiger partial charge on any atom is 0.263 e. The quantitative estimate of drug-likeness (QED) is 0.852. The number of nitrogens with zero attached hydrogens (tertiary/aromatic N) is 2. The first kappa shape index (κ1) is 14.8. The molecule has 0 unspecified atom stereocenters. The van der Waals surface area contributed by atoms with Crippen molar-refractivity contribution >= 4 is 21.7 Å². The van der Waals surface area contributed by atoms with Gasteiger partial charge in [0.15, 0.2) is 11.5 Å². The monoisotopic (exact) mass is 317 g/mol. The molecule has 0 radical (unpaired) electrons. The van der Waals surface area contributed by atoms with Crippen LogP contribution in [0.5, 0.6) is 0 Å². The molecule has 0 fully saturated rings. The van der Waals surface area contributed by atoms with Gasteiger partial charge in [-0.25, -0.2) is 18.7 Å². The van der Waals surface area contributed by atoms with E-state index in [-0.39, 0.29) is 17.9 Å². The summed E-state index contributed by atoms with van der Waals surface area (Å²) in [5, 5.41) is 0. The molecule has 0 spiro atoms. The van der Waals surface area contributed by atoms with E-state index in [0.717, 1.165) is 0 Å². The molecule has 0 aliphatic carbocycles. The van der Waals surface area contributed by atoms with Crippen molar-refractivity contribution in [1.29, 1.82) is 0 Å². The predicted molar refractivity (Wildman–Crippen MR) is 70.0 cm³/mol. The van der Waals surface area contributed by atoms with Crippen LogP contribution in [0, 0.1) is 17.3 Å². The van der Waals surface area contributed by atoms with Gasteiger partial charge in [0.2, 0.25) is 0 Å². The minimum Gasteiger partial charge on any atom is -0.381 e. The summed E-state index contributed by atoms with van der Waals surface area (Å²) in [6, 6.07) is 0. The summed E-state index contributed by atoms with van der Waals surface area (Å²) in [7, 11) is 0. The van der Waals surface area contributed by atoms with Gasteiger partial charge in [-0.15, -0.1) is 0 Å². The molecule has 2 N–H and O–H groups in total. The standard InChI is InChI=1S/C12H14BrF2N3/c1-4-12(14,15)11(2,3)6-5-8-10(16)18-9(13)7-17-8/h7H,4H2,1-3H3,(H2,16,18). The van der Waals surface area contributed by atoms with Gasteiger partial charge in [-0.1, -0.05) is 12.8 Å². The number of nitrogen functional groups attached to an aromatic ring is 1. The number of hydrogen-bond donors (Lipinski definition) is 1. The molecule has 18 heavy (non-hydrogen) atoms. The van der Waals surface area contributed by atoms with Gasteiger partial charge < -0.3 is 5.73 Å². The molecule has 0 aliphatic heterocycles. The van der Waals surface area contributed by atoms with E-state index in [9.17, 15) is 8.78 Å². The maximum absolute atomic E-state index is 13.6. The molecule has 0 bridgehead atoms. The van der Waals surface area contributed by atoms with Crippen LogP contribution < -0.4 is 5.73 Å². The smallest absolute Gasteiger partial charge is 0.263 e. The Bertz CT molecular complexity index is 504. The van der Waals surface area contributed by atoms with Crippen molar-refractivity contribution in [2.24, 2.45) is 5.41 Å². The third-order valence-electron chi connectivity index (χ3n) is 2.62. The second-order valence-electron chi connectivity index (χ2n) is 4.36. The highest BCUT2D eigenvalue weighted by molar-refractivity contribution is 9.10. The van der Waals surface area contributed by atoms with E-state index in [4.69, 9.17) is 5.73 Å². The SMILES string of the molecule is CCC(F)(F)C(C)(C)C#Cc1ncc(Br)nc1N. The molecule has 6 heteroatoms. The Balaban J connectivity index is 3.08. The molecule has 0 aromatic carbocycles. The predicted octanol–water partition coefficient (Wildman–Crippen LogP) is 3.24. The summed E-state index contributed by atoms with van der Waals surface area (Å²) >= 11 is 3.11. The van der Waals surface area contributed by atoms with Gasteiger partial charge in [-0.2, -0.15) is 0 Å². The first-order chi connectivity index (χ1) is 8.19. The van der Waals surface area contributed by atoms with Crippen LogP contribution >= 0.6 is 15.9 Å². The molecule has 1 aromatic rings. The topological polar surface area (TPSA) is 51.8 Å². The first-order valence-electron chi connectivity index (χ1n) is 5.38. The van der Waals surface area contributed by atoms with Crippen molar-refractivity contribution in [2.75, 3.05) is 5.73 Å². The lowest BCUT2D eigenvalue weighted by molar-refractivity contribution is -0.0797. The molecular formula is C12H14BrF2N3. The third-order valence-corrected chi connectivity index (χ3v) is 3.00. The molecule has 1 heterocycles. The highest BCUT2D eigenvalue weighted by atomic mass is 79.9. The number of rotatable bonds is 2. The highest BCUT2D eigenvalue weighted by Crippen LogP contribution is 2.38. The van der Waals surface area contributed by atoms with E-state index in [1.54, 1.807) is 0 Å². The zero-order valence-electron chi connectivity index (χ0n) is 10.4. The molecule has 1 rings (SSSR count). The molecule has 0 amide bonds. The van der Waals surface area contributed by atoms with Gasteiger partial charge in [-0.05, 0) is 35.7 Å². The van der Waals surface area contributed by atoms with Gasteiger partial charge in [0.1, 0.15) is 4.60 Å². The minimum absolute atomic E-state index is 0.118. The molecule has 98 valence electrons. The van der Waals surface area contributed by atoms with E-state index in [2.05, 4.69) is 37.7 Å². The largest absolute Gasteiger partial charge is 0.381 e. The number of anilines is 1. The third kappa shape index (κ3) is 3.16. The molecule has 0 aliphatic rings. The van der Waals surface area contributed by atoms with Crippen LogP contribution in [0.25, 0.3) is 0 Å². The number of alkyl halides is 2. The van der Waals surface area contributed by atoms with Crippen LogP contribution in [-0.2, 0) is 0 Å². The van der Waals surface area contributed by atoms with Gasteiger partial charge >= 0.3 is 0 Å². The van der Waals surface area contributed by atoms with Crippen LogP contribution in [-0.4, -0.2) is 15.9 Å². The Hall–Kier alpha value is -1.22. The van der Waals surface area contributed by atoms with Crippen molar-refractivity contribution in [2.45, 2.75) is 33.1 Å². The summed E-state index contributed by atoms with van der Waals surface area (Å²) < 4.78 is 27.7. The Kier molecular flexibility index (Phi) is 4.28. The maximum atomic E-state index is 13.6. The van der Waals surface area contributed by atoms with Gasteiger partial charge in [0, 0.05) is 6.42 Å². The summed E-state index contributed by atoms with van der Waals surface area (Å²) in [6.07, 6.45) is 1.15.